The van der Waals surface area contributed by atoms with Crippen LogP contribution < -0.4 is 9.64 Å². The van der Waals surface area contributed by atoms with Crippen LogP contribution in [-0.2, 0) is 4.79 Å². The second-order valence-corrected chi connectivity index (χ2v) is 6.85. The molecule has 1 aliphatic rings. The van der Waals surface area contributed by atoms with Gasteiger partial charge in [-0.05, 0) is 56.2 Å². The molecule has 0 unspecified atom stereocenters. The van der Waals surface area contributed by atoms with Crippen molar-refractivity contribution >= 4 is 11.6 Å². The van der Waals surface area contributed by atoms with E-state index in [1.54, 1.807) is 24.0 Å². The van der Waals surface area contributed by atoms with Crippen molar-refractivity contribution in [2.24, 2.45) is 0 Å². The zero-order valence-electron chi connectivity index (χ0n) is 15.5. The Hall–Kier alpha value is -2.56. The number of halogens is 1. The molecule has 138 valence electrons. The number of para-hydroxylation sites is 1. The van der Waals surface area contributed by atoms with Gasteiger partial charge in [-0.2, -0.15) is 0 Å². The molecule has 0 saturated carbocycles. The van der Waals surface area contributed by atoms with Gasteiger partial charge in [0.15, 0.2) is 6.10 Å². The maximum Gasteiger partial charge on any atom is 0.263 e. The number of benzene rings is 2. The van der Waals surface area contributed by atoms with E-state index in [1.165, 1.54) is 6.07 Å². The van der Waals surface area contributed by atoms with Crippen molar-refractivity contribution in [2.45, 2.75) is 26.9 Å². The van der Waals surface area contributed by atoms with Crippen LogP contribution >= 0.6 is 0 Å². The number of ether oxygens (including phenoxy) is 1. The largest absolute Gasteiger partial charge is 0.481 e. The molecule has 0 aliphatic carbocycles. The third-order valence-electron chi connectivity index (χ3n) is 4.64. The number of carbonyl (C=O) groups excluding carboxylic acids is 1. The molecule has 2 aromatic rings. The van der Waals surface area contributed by atoms with Crippen LogP contribution in [0.25, 0.3) is 0 Å². The summed E-state index contributed by atoms with van der Waals surface area (Å²) >= 11 is 0. The molecule has 3 rings (SSSR count). The van der Waals surface area contributed by atoms with Crippen LogP contribution in [0.15, 0.2) is 42.5 Å². The Bertz CT molecular complexity index is 765. The summed E-state index contributed by atoms with van der Waals surface area (Å²) in [7, 11) is 0. The highest BCUT2D eigenvalue weighted by Crippen LogP contribution is 2.21. The number of nitrogens with zero attached hydrogens (tertiary/aromatic N) is 2. The molecule has 1 fully saturated rings. The highest BCUT2D eigenvalue weighted by Gasteiger charge is 2.27. The van der Waals surface area contributed by atoms with Gasteiger partial charge in [-0.25, -0.2) is 4.39 Å². The molecule has 0 spiro atoms. The van der Waals surface area contributed by atoms with Crippen molar-refractivity contribution in [2.75, 3.05) is 31.1 Å². The van der Waals surface area contributed by atoms with Crippen LogP contribution in [-0.4, -0.2) is 43.1 Å². The van der Waals surface area contributed by atoms with Gasteiger partial charge in [0.25, 0.3) is 5.91 Å². The van der Waals surface area contributed by atoms with Gasteiger partial charge in [0.1, 0.15) is 11.6 Å². The maximum absolute atomic E-state index is 13.9. The number of amides is 1. The Morgan fingerprint density at radius 3 is 2.27 bits per heavy atom. The van der Waals surface area contributed by atoms with Crippen molar-refractivity contribution in [3.8, 4) is 5.75 Å². The summed E-state index contributed by atoms with van der Waals surface area (Å²) in [5.74, 6) is 0.462. The predicted octanol–water partition coefficient (Wildman–Crippen LogP) is 3.56. The van der Waals surface area contributed by atoms with Gasteiger partial charge < -0.3 is 14.5 Å². The Morgan fingerprint density at radius 1 is 1.04 bits per heavy atom. The Kier molecular flexibility index (Phi) is 5.45. The van der Waals surface area contributed by atoms with Gasteiger partial charge in [0, 0.05) is 26.2 Å². The van der Waals surface area contributed by atoms with Crippen LogP contribution in [0.5, 0.6) is 5.75 Å². The first kappa shape index (κ1) is 18.2. The van der Waals surface area contributed by atoms with Gasteiger partial charge >= 0.3 is 0 Å². The quantitative estimate of drug-likeness (QED) is 0.840. The molecule has 2 aromatic carbocycles. The number of piperazine rings is 1. The molecule has 26 heavy (non-hydrogen) atoms. The number of rotatable bonds is 4. The summed E-state index contributed by atoms with van der Waals surface area (Å²) in [6, 6.07) is 12.7. The highest BCUT2D eigenvalue weighted by molar-refractivity contribution is 5.81. The van der Waals surface area contributed by atoms with E-state index in [4.69, 9.17) is 4.74 Å². The maximum atomic E-state index is 13.9. The van der Waals surface area contributed by atoms with Gasteiger partial charge in [0.2, 0.25) is 0 Å². The molecule has 0 radical (unpaired) electrons. The molecule has 0 bridgehead atoms. The predicted molar refractivity (Wildman–Crippen MR) is 101 cm³/mol. The zero-order chi connectivity index (χ0) is 18.7. The molecule has 1 heterocycles. The minimum atomic E-state index is -0.545. The number of hydrogen-bond acceptors (Lipinski definition) is 3. The van der Waals surface area contributed by atoms with Gasteiger partial charge in [-0.15, -0.1) is 0 Å². The lowest BCUT2D eigenvalue weighted by atomic mass is 10.1. The van der Waals surface area contributed by atoms with Gasteiger partial charge in [-0.3, -0.25) is 4.79 Å². The number of carbonyl (C=O) groups is 1. The first-order chi connectivity index (χ1) is 12.4. The van der Waals surface area contributed by atoms with E-state index in [0.717, 1.165) is 11.1 Å². The number of hydrogen-bond donors (Lipinski definition) is 0. The van der Waals surface area contributed by atoms with E-state index < -0.39 is 6.10 Å². The average molecular weight is 356 g/mol. The minimum Gasteiger partial charge on any atom is -0.481 e. The lowest BCUT2D eigenvalue weighted by Gasteiger charge is -2.37. The van der Waals surface area contributed by atoms with Crippen LogP contribution in [0.4, 0.5) is 10.1 Å². The summed E-state index contributed by atoms with van der Waals surface area (Å²) in [5.41, 5.74) is 2.82. The Labute approximate surface area is 154 Å². The van der Waals surface area contributed by atoms with Gasteiger partial charge in [-0.1, -0.05) is 18.2 Å². The van der Waals surface area contributed by atoms with Crippen LogP contribution in [0, 0.1) is 19.7 Å². The molecule has 1 atom stereocenters. The molecule has 0 N–H and O–H groups in total. The molecule has 5 heteroatoms. The summed E-state index contributed by atoms with van der Waals surface area (Å²) in [6.45, 7) is 8.15. The number of aryl methyl sites for hydroxylation is 2. The molecular weight excluding hydrogens is 331 g/mol. The van der Waals surface area contributed by atoms with Crippen molar-refractivity contribution in [3.63, 3.8) is 0 Å². The van der Waals surface area contributed by atoms with Gasteiger partial charge in [0.05, 0.1) is 5.69 Å². The van der Waals surface area contributed by atoms with E-state index in [2.05, 4.69) is 6.07 Å². The van der Waals surface area contributed by atoms with Crippen molar-refractivity contribution < 1.29 is 13.9 Å². The molecule has 1 saturated heterocycles. The zero-order valence-corrected chi connectivity index (χ0v) is 15.5. The van der Waals surface area contributed by atoms with E-state index in [1.807, 2.05) is 36.9 Å². The third kappa shape index (κ3) is 4.15. The molecule has 1 aliphatic heterocycles. The monoisotopic (exact) mass is 356 g/mol. The first-order valence-corrected chi connectivity index (χ1v) is 8.97. The van der Waals surface area contributed by atoms with Crippen LogP contribution in [0.2, 0.25) is 0 Å². The second-order valence-electron chi connectivity index (χ2n) is 6.85. The fourth-order valence-corrected chi connectivity index (χ4v) is 3.39. The normalized spacial score (nSPS) is 15.7. The second kappa shape index (κ2) is 7.77. The summed E-state index contributed by atoms with van der Waals surface area (Å²) < 4.78 is 19.8. The fraction of sp³-hybridized carbons (Fsp3) is 0.381. The molecule has 4 nitrogen and oxygen atoms in total. The van der Waals surface area contributed by atoms with E-state index in [0.29, 0.717) is 37.6 Å². The summed E-state index contributed by atoms with van der Waals surface area (Å²) in [6.07, 6.45) is -0.545. The third-order valence-corrected chi connectivity index (χ3v) is 4.64. The van der Waals surface area contributed by atoms with E-state index in [-0.39, 0.29) is 11.7 Å². The average Bonchev–Trinajstić information content (AvgIpc) is 2.61. The van der Waals surface area contributed by atoms with E-state index >= 15 is 0 Å². The Morgan fingerprint density at radius 2 is 1.65 bits per heavy atom. The topological polar surface area (TPSA) is 32.8 Å². The first-order valence-electron chi connectivity index (χ1n) is 8.97. The van der Waals surface area contributed by atoms with Crippen molar-refractivity contribution in [1.29, 1.82) is 0 Å². The van der Waals surface area contributed by atoms with E-state index in [9.17, 15) is 9.18 Å². The lowest BCUT2D eigenvalue weighted by molar-refractivity contribution is -0.138. The molecular formula is C21H25FN2O2. The minimum absolute atomic E-state index is 0.0302. The van der Waals surface area contributed by atoms with Crippen molar-refractivity contribution in [3.05, 3.63) is 59.4 Å². The van der Waals surface area contributed by atoms with Crippen LogP contribution in [0.3, 0.4) is 0 Å². The summed E-state index contributed by atoms with van der Waals surface area (Å²) in [4.78, 5) is 16.5. The number of anilines is 1. The highest BCUT2D eigenvalue weighted by atomic mass is 19.1. The molecule has 1 amide bonds. The lowest BCUT2D eigenvalue weighted by Crippen LogP contribution is -2.52. The SMILES string of the molecule is Cc1cc(C)cc(O[C@@H](C)C(=O)N2CCN(c3ccccc3F)CC2)c1. The standard InChI is InChI=1S/C21H25FN2O2/c1-15-12-16(2)14-18(13-15)26-17(3)21(25)24-10-8-23(9-11-24)20-7-5-4-6-19(20)22/h4-7,12-14,17H,8-11H2,1-3H3/t17-/m0/s1. The summed E-state index contributed by atoms with van der Waals surface area (Å²) in [5, 5.41) is 0. The Balaban J connectivity index is 1.58. The van der Waals surface area contributed by atoms with Crippen molar-refractivity contribution in [1.82, 2.24) is 4.90 Å². The smallest absolute Gasteiger partial charge is 0.263 e. The van der Waals surface area contributed by atoms with Crippen LogP contribution in [0.1, 0.15) is 18.1 Å². The fourth-order valence-electron chi connectivity index (χ4n) is 3.39. The molecule has 0 aromatic heterocycles.